The van der Waals surface area contributed by atoms with E-state index >= 15 is 0 Å². The fourth-order valence-corrected chi connectivity index (χ4v) is 2.69. The minimum atomic E-state index is -0.0789. The Morgan fingerprint density at radius 2 is 1.89 bits per heavy atom. The van der Waals surface area contributed by atoms with Crippen LogP contribution in [0.5, 0.6) is 0 Å². The second-order valence-electron chi connectivity index (χ2n) is 4.47. The van der Waals surface area contributed by atoms with Crippen molar-refractivity contribution >= 4 is 17.7 Å². The number of hydrogen-bond donors (Lipinski definition) is 1. The molecule has 1 N–H and O–H groups in total. The lowest BCUT2D eigenvalue weighted by Crippen LogP contribution is -2.39. The Bertz CT molecular complexity index is 450. The molecule has 0 fully saturated rings. The second kappa shape index (κ2) is 7.20. The number of nitrogens with one attached hydrogen (secondary N) is 1. The number of benzene rings is 1. The summed E-state index contributed by atoms with van der Waals surface area (Å²) in [5, 5.41) is 11.7. The average Bonchev–Trinajstić information content (AvgIpc) is 2.49. The monoisotopic (exact) mass is 276 g/mol. The minimum Gasteiger partial charge on any atom is -0.351 e. The van der Waals surface area contributed by atoms with Gasteiger partial charge in [-0.05, 0) is 43.4 Å². The Hall–Kier alpha value is -1.47. The molecule has 1 aromatic carbocycles. The van der Waals surface area contributed by atoms with Crippen molar-refractivity contribution in [2.45, 2.75) is 31.4 Å². The van der Waals surface area contributed by atoms with E-state index in [9.17, 15) is 4.79 Å². The first kappa shape index (κ1) is 15.6. The van der Waals surface area contributed by atoms with Crippen LogP contribution in [0.4, 0.5) is 0 Å². The van der Waals surface area contributed by atoms with Crippen LogP contribution in [-0.2, 0) is 0 Å². The van der Waals surface area contributed by atoms with Gasteiger partial charge in [-0.1, -0.05) is 13.8 Å². The molecule has 0 aliphatic rings. The Labute approximate surface area is 119 Å². The largest absolute Gasteiger partial charge is 0.351 e. The SMILES string of the molecule is CCC(CC)(CNC(=O)c1ccc(C#N)cc1)SC. The van der Waals surface area contributed by atoms with Gasteiger partial charge in [-0.2, -0.15) is 17.0 Å². The number of rotatable bonds is 6. The standard InChI is InChI=1S/C15H20N2OS/c1-4-15(5-2,19-3)11-17-14(18)13-8-6-12(10-16)7-9-13/h6-9H,4-5,11H2,1-3H3,(H,17,18). The van der Waals surface area contributed by atoms with Crippen LogP contribution in [0.3, 0.4) is 0 Å². The molecule has 0 spiro atoms. The number of carbonyl (C=O) groups excluding carboxylic acids is 1. The van der Waals surface area contributed by atoms with Crippen molar-refractivity contribution in [1.82, 2.24) is 5.32 Å². The maximum absolute atomic E-state index is 12.0. The van der Waals surface area contributed by atoms with Gasteiger partial charge in [0.2, 0.25) is 0 Å². The van der Waals surface area contributed by atoms with Gasteiger partial charge in [0, 0.05) is 16.9 Å². The predicted molar refractivity (Wildman–Crippen MR) is 80.3 cm³/mol. The van der Waals surface area contributed by atoms with Gasteiger partial charge < -0.3 is 5.32 Å². The van der Waals surface area contributed by atoms with E-state index in [0.29, 0.717) is 17.7 Å². The van der Waals surface area contributed by atoms with E-state index in [1.54, 1.807) is 36.0 Å². The van der Waals surface area contributed by atoms with Crippen LogP contribution in [0.1, 0.15) is 42.6 Å². The molecule has 0 atom stereocenters. The number of carbonyl (C=O) groups is 1. The van der Waals surface area contributed by atoms with Gasteiger partial charge in [-0.15, -0.1) is 0 Å². The van der Waals surface area contributed by atoms with Crippen LogP contribution >= 0.6 is 11.8 Å². The summed E-state index contributed by atoms with van der Waals surface area (Å²) in [6.45, 7) is 4.96. The van der Waals surface area contributed by atoms with E-state index in [1.807, 2.05) is 6.07 Å². The van der Waals surface area contributed by atoms with Gasteiger partial charge in [-0.25, -0.2) is 0 Å². The third kappa shape index (κ3) is 4.00. The Morgan fingerprint density at radius 3 is 2.32 bits per heavy atom. The van der Waals surface area contributed by atoms with Gasteiger partial charge in [0.05, 0.1) is 11.6 Å². The topological polar surface area (TPSA) is 52.9 Å². The lowest BCUT2D eigenvalue weighted by atomic mass is 10.0. The lowest BCUT2D eigenvalue weighted by molar-refractivity contribution is 0.0949. The molecule has 0 bridgehead atoms. The molecule has 0 saturated heterocycles. The normalized spacial score (nSPS) is 10.8. The van der Waals surface area contributed by atoms with Crippen molar-refractivity contribution < 1.29 is 4.79 Å². The first-order chi connectivity index (χ1) is 9.10. The molecule has 3 nitrogen and oxygen atoms in total. The molecule has 1 amide bonds. The fourth-order valence-electron chi connectivity index (χ4n) is 1.90. The molecule has 1 aromatic rings. The van der Waals surface area contributed by atoms with E-state index in [-0.39, 0.29) is 10.7 Å². The Kier molecular flexibility index (Phi) is 5.91. The van der Waals surface area contributed by atoms with E-state index in [1.165, 1.54) is 0 Å². The van der Waals surface area contributed by atoms with Gasteiger partial charge >= 0.3 is 0 Å². The summed E-state index contributed by atoms with van der Waals surface area (Å²) in [7, 11) is 0. The number of hydrogen-bond acceptors (Lipinski definition) is 3. The van der Waals surface area contributed by atoms with Crippen LogP contribution < -0.4 is 5.32 Å². The smallest absolute Gasteiger partial charge is 0.251 e. The highest BCUT2D eigenvalue weighted by Gasteiger charge is 2.25. The number of nitriles is 1. The Balaban J connectivity index is 2.67. The molecule has 0 aromatic heterocycles. The first-order valence-electron chi connectivity index (χ1n) is 6.44. The molecule has 0 aliphatic carbocycles. The molecular formula is C15H20N2OS. The molecule has 0 saturated carbocycles. The summed E-state index contributed by atoms with van der Waals surface area (Å²) in [5.41, 5.74) is 1.17. The van der Waals surface area contributed by atoms with Gasteiger partial charge in [0.25, 0.3) is 5.91 Å². The molecule has 0 aliphatic heterocycles. The summed E-state index contributed by atoms with van der Waals surface area (Å²) >= 11 is 1.80. The zero-order chi connectivity index (χ0) is 14.3. The molecule has 4 heteroatoms. The van der Waals surface area contributed by atoms with Gasteiger partial charge in [0.15, 0.2) is 0 Å². The van der Waals surface area contributed by atoms with Gasteiger partial charge in [0.1, 0.15) is 0 Å². The summed E-state index contributed by atoms with van der Waals surface area (Å²) in [5.74, 6) is -0.0789. The maximum Gasteiger partial charge on any atom is 0.251 e. The molecular weight excluding hydrogens is 256 g/mol. The molecule has 0 heterocycles. The minimum absolute atomic E-state index is 0.0789. The molecule has 0 radical (unpaired) electrons. The maximum atomic E-state index is 12.0. The van der Waals surface area contributed by atoms with Crippen LogP contribution in [-0.4, -0.2) is 23.5 Å². The zero-order valence-corrected chi connectivity index (χ0v) is 12.5. The van der Waals surface area contributed by atoms with Crippen molar-refractivity contribution in [2.75, 3.05) is 12.8 Å². The highest BCUT2D eigenvalue weighted by atomic mass is 32.2. The lowest BCUT2D eigenvalue weighted by Gasteiger charge is -2.29. The first-order valence-corrected chi connectivity index (χ1v) is 7.66. The molecule has 1 rings (SSSR count). The van der Waals surface area contributed by atoms with Crippen LogP contribution in [0.25, 0.3) is 0 Å². The van der Waals surface area contributed by atoms with E-state index < -0.39 is 0 Å². The van der Waals surface area contributed by atoms with Crippen LogP contribution in [0, 0.1) is 11.3 Å². The quantitative estimate of drug-likeness (QED) is 0.868. The van der Waals surface area contributed by atoms with E-state index in [0.717, 1.165) is 12.8 Å². The number of thioether (sulfide) groups is 1. The van der Waals surface area contributed by atoms with Gasteiger partial charge in [-0.3, -0.25) is 4.79 Å². The fraction of sp³-hybridized carbons (Fsp3) is 0.467. The average molecular weight is 276 g/mol. The number of amides is 1. The highest BCUT2D eigenvalue weighted by molar-refractivity contribution is 8.00. The molecule has 19 heavy (non-hydrogen) atoms. The second-order valence-corrected chi connectivity index (χ2v) is 5.74. The third-order valence-electron chi connectivity index (χ3n) is 3.57. The number of nitrogens with zero attached hydrogens (tertiary/aromatic N) is 1. The van der Waals surface area contributed by atoms with Crippen LogP contribution in [0.2, 0.25) is 0 Å². The summed E-state index contributed by atoms with van der Waals surface area (Å²) in [6, 6.07) is 8.74. The van der Waals surface area contributed by atoms with E-state index in [2.05, 4.69) is 25.4 Å². The van der Waals surface area contributed by atoms with E-state index in [4.69, 9.17) is 5.26 Å². The summed E-state index contributed by atoms with van der Waals surface area (Å²) < 4.78 is 0.113. The Morgan fingerprint density at radius 1 is 1.32 bits per heavy atom. The summed E-state index contributed by atoms with van der Waals surface area (Å²) in [6.07, 6.45) is 4.14. The molecule has 0 unspecified atom stereocenters. The van der Waals surface area contributed by atoms with Crippen molar-refractivity contribution in [2.24, 2.45) is 0 Å². The summed E-state index contributed by atoms with van der Waals surface area (Å²) in [4.78, 5) is 12.0. The van der Waals surface area contributed by atoms with Crippen molar-refractivity contribution in [3.8, 4) is 6.07 Å². The van der Waals surface area contributed by atoms with Crippen molar-refractivity contribution in [1.29, 1.82) is 5.26 Å². The predicted octanol–water partition coefficient (Wildman–Crippen LogP) is 3.21. The van der Waals surface area contributed by atoms with Crippen molar-refractivity contribution in [3.63, 3.8) is 0 Å². The van der Waals surface area contributed by atoms with Crippen molar-refractivity contribution in [3.05, 3.63) is 35.4 Å². The highest BCUT2D eigenvalue weighted by Crippen LogP contribution is 2.29. The zero-order valence-electron chi connectivity index (χ0n) is 11.7. The van der Waals surface area contributed by atoms with Crippen LogP contribution in [0.15, 0.2) is 24.3 Å². The third-order valence-corrected chi connectivity index (χ3v) is 5.16. The molecule has 102 valence electrons.